The third-order valence-corrected chi connectivity index (χ3v) is 2.82. The number of hydrogen-bond donors (Lipinski definition) is 1. The average molecular weight is 310 g/mol. The molecule has 110 valence electrons. The van der Waals surface area contributed by atoms with E-state index >= 15 is 0 Å². The molecule has 0 atom stereocenters. The highest BCUT2D eigenvalue weighted by molar-refractivity contribution is 6.29. The van der Waals surface area contributed by atoms with E-state index in [9.17, 15) is 14.9 Å². The summed E-state index contributed by atoms with van der Waals surface area (Å²) in [5.41, 5.74) is 0.702. The highest BCUT2D eigenvalue weighted by atomic mass is 35.5. The SMILES string of the molecule is COC(=O)c1ccc(Nc2nc(Cl)ccc2[N+](=O)[O-])cc1.[HH]. The number of benzene rings is 1. The van der Waals surface area contributed by atoms with E-state index in [0.29, 0.717) is 11.3 Å². The standard InChI is InChI=1S/C13H10ClN3O4.H2/c1-21-13(18)8-2-4-9(5-3-8)15-12-10(17(19)20)6-7-11(14)16-12;/h2-7H,1H3,(H,15,16);1H. The number of nitrogens with one attached hydrogen (secondary N) is 1. The summed E-state index contributed by atoms with van der Waals surface area (Å²) < 4.78 is 4.58. The van der Waals surface area contributed by atoms with E-state index in [4.69, 9.17) is 11.6 Å². The van der Waals surface area contributed by atoms with Crippen molar-refractivity contribution >= 4 is 34.8 Å². The first kappa shape index (κ1) is 14.7. The molecule has 2 aromatic rings. The van der Waals surface area contributed by atoms with Crippen LogP contribution in [-0.2, 0) is 4.74 Å². The first-order valence-electron chi connectivity index (χ1n) is 5.77. The lowest BCUT2D eigenvalue weighted by Gasteiger charge is -2.07. The number of halogens is 1. The van der Waals surface area contributed by atoms with Gasteiger partial charge in [-0.2, -0.15) is 0 Å². The lowest BCUT2D eigenvalue weighted by Crippen LogP contribution is -2.02. The van der Waals surface area contributed by atoms with Gasteiger partial charge in [0.05, 0.1) is 17.6 Å². The van der Waals surface area contributed by atoms with Crippen LogP contribution in [0.1, 0.15) is 11.8 Å². The zero-order valence-corrected chi connectivity index (χ0v) is 11.6. The van der Waals surface area contributed by atoms with Gasteiger partial charge in [-0.25, -0.2) is 9.78 Å². The zero-order valence-electron chi connectivity index (χ0n) is 10.9. The Kier molecular flexibility index (Phi) is 4.34. The first-order valence-corrected chi connectivity index (χ1v) is 6.15. The molecule has 1 aromatic carbocycles. The van der Waals surface area contributed by atoms with Crippen molar-refractivity contribution < 1.29 is 15.9 Å². The monoisotopic (exact) mass is 309 g/mol. The lowest BCUT2D eigenvalue weighted by molar-refractivity contribution is -0.384. The maximum Gasteiger partial charge on any atom is 0.337 e. The molecular formula is C13H12ClN3O4. The minimum Gasteiger partial charge on any atom is -0.465 e. The smallest absolute Gasteiger partial charge is 0.337 e. The molecule has 0 spiro atoms. The van der Waals surface area contributed by atoms with E-state index in [1.165, 1.54) is 31.4 Å². The molecule has 0 radical (unpaired) electrons. The molecule has 0 bridgehead atoms. The van der Waals surface area contributed by atoms with Crippen molar-refractivity contribution in [1.82, 2.24) is 4.98 Å². The van der Waals surface area contributed by atoms with Crippen LogP contribution in [0.3, 0.4) is 0 Å². The van der Waals surface area contributed by atoms with E-state index in [1.54, 1.807) is 12.1 Å². The van der Waals surface area contributed by atoms with Crippen molar-refractivity contribution in [3.8, 4) is 0 Å². The molecule has 7 nitrogen and oxygen atoms in total. The van der Waals surface area contributed by atoms with Crippen molar-refractivity contribution in [3.63, 3.8) is 0 Å². The molecule has 0 unspecified atom stereocenters. The molecule has 1 N–H and O–H groups in total. The molecule has 1 heterocycles. The molecule has 0 aliphatic rings. The number of methoxy groups -OCH3 is 1. The molecule has 0 amide bonds. The van der Waals surface area contributed by atoms with E-state index in [0.717, 1.165) is 0 Å². The minimum absolute atomic E-state index is 0. The number of nitro groups is 1. The van der Waals surface area contributed by atoms with Crippen LogP contribution in [0, 0.1) is 10.1 Å². The van der Waals surface area contributed by atoms with Gasteiger partial charge in [-0.05, 0) is 30.3 Å². The van der Waals surface area contributed by atoms with Gasteiger partial charge in [0.2, 0.25) is 5.82 Å². The summed E-state index contributed by atoms with van der Waals surface area (Å²) in [4.78, 5) is 25.6. The fourth-order valence-electron chi connectivity index (χ4n) is 1.61. The van der Waals surface area contributed by atoms with Crippen molar-refractivity contribution in [2.75, 3.05) is 12.4 Å². The third kappa shape index (κ3) is 3.46. The normalized spacial score (nSPS) is 10.0. The van der Waals surface area contributed by atoms with E-state index in [2.05, 4.69) is 15.0 Å². The molecule has 21 heavy (non-hydrogen) atoms. The Labute approximate surface area is 126 Å². The number of anilines is 2. The van der Waals surface area contributed by atoms with Crippen LogP contribution in [-0.4, -0.2) is 23.0 Å². The van der Waals surface area contributed by atoms with Crippen LogP contribution < -0.4 is 5.32 Å². The Balaban J connectivity index is 0.00000242. The van der Waals surface area contributed by atoms with Crippen LogP contribution in [0.25, 0.3) is 0 Å². The second-order valence-electron chi connectivity index (χ2n) is 3.95. The molecule has 0 saturated carbocycles. The van der Waals surface area contributed by atoms with Crippen molar-refractivity contribution in [3.05, 3.63) is 57.2 Å². The number of pyridine rings is 1. The molecule has 0 saturated heterocycles. The van der Waals surface area contributed by atoms with Gasteiger partial charge in [-0.3, -0.25) is 10.1 Å². The number of esters is 1. The summed E-state index contributed by atoms with van der Waals surface area (Å²) in [5.74, 6) is -0.438. The van der Waals surface area contributed by atoms with Crippen LogP contribution >= 0.6 is 11.6 Å². The summed E-state index contributed by atoms with van der Waals surface area (Å²) in [7, 11) is 1.29. The summed E-state index contributed by atoms with van der Waals surface area (Å²) in [5, 5.41) is 13.8. The molecule has 8 heteroatoms. The highest BCUT2D eigenvalue weighted by Gasteiger charge is 2.16. The number of rotatable bonds is 4. The van der Waals surface area contributed by atoms with Crippen molar-refractivity contribution in [1.29, 1.82) is 0 Å². The van der Waals surface area contributed by atoms with Crippen LogP contribution in [0.2, 0.25) is 5.15 Å². The molecule has 1 aromatic heterocycles. The quantitative estimate of drug-likeness (QED) is 0.402. The Morgan fingerprint density at radius 3 is 2.57 bits per heavy atom. The van der Waals surface area contributed by atoms with E-state index in [-0.39, 0.29) is 18.1 Å². The average Bonchev–Trinajstić information content (AvgIpc) is 2.47. The lowest BCUT2D eigenvalue weighted by atomic mass is 10.2. The summed E-state index contributed by atoms with van der Waals surface area (Å²) in [6.45, 7) is 0. The highest BCUT2D eigenvalue weighted by Crippen LogP contribution is 2.27. The van der Waals surface area contributed by atoms with Crippen LogP contribution in [0.4, 0.5) is 17.2 Å². The largest absolute Gasteiger partial charge is 0.465 e. The van der Waals surface area contributed by atoms with Gasteiger partial charge in [0.1, 0.15) is 5.15 Å². The number of carbonyl (C=O) groups is 1. The van der Waals surface area contributed by atoms with Gasteiger partial charge in [-0.1, -0.05) is 11.6 Å². The number of hydrogen-bond acceptors (Lipinski definition) is 6. The molecule has 0 fully saturated rings. The predicted octanol–water partition coefficient (Wildman–Crippen LogP) is 3.42. The predicted molar refractivity (Wildman–Crippen MR) is 79.1 cm³/mol. The second-order valence-corrected chi connectivity index (χ2v) is 4.34. The molecule has 0 aliphatic heterocycles. The number of ether oxygens (including phenoxy) is 1. The summed E-state index contributed by atoms with van der Waals surface area (Å²) in [6.07, 6.45) is 0. The summed E-state index contributed by atoms with van der Waals surface area (Å²) >= 11 is 5.74. The van der Waals surface area contributed by atoms with Crippen molar-refractivity contribution in [2.45, 2.75) is 0 Å². The molecule has 0 aliphatic carbocycles. The number of aromatic nitrogens is 1. The Morgan fingerprint density at radius 2 is 2.00 bits per heavy atom. The van der Waals surface area contributed by atoms with Crippen LogP contribution in [0.15, 0.2) is 36.4 Å². The number of carbonyl (C=O) groups excluding carboxylic acids is 1. The van der Waals surface area contributed by atoms with Gasteiger partial charge >= 0.3 is 11.7 Å². The minimum atomic E-state index is -0.561. The van der Waals surface area contributed by atoms with E-state index < -0.39 is 10.9 Å². The molecule has 2 rings (SSSR count). The fraction of sp³-hybridized carbons (Fsp3) is 0.0769. The van der Waals surface area contributed by atoms with Gasteiger partial charge in [0.15, 0.2) is 0 Å². The Morgan fingerprint density at radius 1 is 1.33 bits per heavy atom. The topological polar surface area (TPSA) is 94.4 Å². The Bertz CT molecular complexity index is 694. The maximum absolute atomic E-state index is 11.3. The fourth-order valence-corrected chi connectivity index (χ4v) is 1.76. The zero-order chi connectivity index (χ0) is 15.4. The maximum atomic E-state index is 11.3. The Hall–Kier alpha value is -2.67. The number of nitrogens with zero attached hydrogens (tertiary/aromatic N) is 2. The van der Waals surface area contributed by atoms with E-state index in [1.807, 2.05) is 0 Å². The first-order chi connectivity index (χ1) is 10.0. The summed E-state index contributed by atoms with van der Waals surface area (Å²) in [6, 6.07) is 8.83. The second kappa shape index (κ2) is 6.19. The third-order valence-electron chi connectivity index (χ3n) is 2.61. The van der Waals surface area contributed by atoms with Gasteiger partial charge in [0.25, 0.3) is 0 Å². The van der Waals surface area contributed by atoms with Crippen molar-refractivity contribution in [2.24, 2.45) is 0 Å². The molecular weight excluding hydrogens is 298 g/mol. The van der Waals surface area contributed by atoms with Crippen LogP contribution in [0.5, 0.6) is 0 Å². The van der Waals surface area contributed by atoms with Gasteiger partial charge < -0.3 is 10.1 Å². The van der Waals surface area contributed by atoms with Gasteiger partial charge in [0, 0.05) is 13.2 Å². The van der Waals surface area contributed by atoms with Gasteiger partial charge in [-0.15, -0.1) is 0 Å².